The minimum atomic E-state index is -0.393. The first-order valence-electron chi connectivity index (χ1n) is 9.43. The van der Waals surface area contributed by atoms with Crippen LogP contribution in [-0.2, 0) is 0 Å². The lowest BCUT2D eigenvalue weighted by molar-refractivity contribution is 0.177. The van der Waals surface area contributed by atoms with Gasteiger partial charge < -0.3 is 18.6 Å². The van der Waals surface area contributed by atoms with Crippen molar-refractivity contribution in [3.63, 3.8) is 0 Å². The van der Waals surface area contributed by atoms with Crippen LogP contribution in [0.3, 0.4) is 0 Å². The predicted octanol–water partition coefficient (Wildman–Crippen LogP) is 4.84. The molecular formula is C23H24O5. The lowest BCUT2D eigenvalue weighted by atomic mass is 9.79. The summed E-state index contributed by atoms with van der Waals surface area (Å²) in [5, 5.41) is 0. The van der Waals surface area contributed by atoms with Crippen molar-refractivity contribution in [1.82, 2.24) is 0 Å². The van der Waals surface area contributed by atoms with E-state index in [1.54, 1.807) is 32.4 Å². The quantitative estimate of drug-likeness (QED) is 0.710. The van der Waals surface area contributed by atoms with Gasteiger partial charge >= 0.3 is 5.63 Å². The predicted molar refractivity (Wildman–Crippen MR) is 108 cm³/mol. The Kier molecular flexibility index (Phi) is 4.75. The topological polar surface area (TPSA) is 57.9 Å². The second-order valence-corrected chi connectivity index (χ2v) is 7.39. The fraction of sp³-hybridized carbons (Fsp3) is 0.348. The number of hydrogen-bond donors (Lipinski definition) is 0. The van der Waals surface area contributed by atoms with Crippen LogP contribution in [0.4, 0.5) is 0 Å². The molecule has 146 valence electrons. The number of fused-ring (bicyclic) bond motifs is 2. The van der Waals surface area contributed by atoms with E-state index in [9.17, 15) is 4.79 Å². The third-order valence-corrected chi connectivity index (χ3v) is 5.61. The van der Waals surface area contributed by atoms with Crippen LogP contribution in [0.15, 0.2) is 51.2 Å². The lowest BCUT2D eigenvalue weighted by Crippen LogP contribution is -2.31. The van der Waals surface area contributed by atoms with Gasteiger partial charge in [0.15, 0.2) is 11.5 Å². The van der Waals surface area contributed by atoms with Crippen molar-refractivity contribution in [2.45, 2.75) is 32.3 Å². The molecule has 2 aliphatic rings. The Hall–Kier alpha value is -2.95. The Morgan fingerprint density at radius 1 is 1.18 bits per heavy atom. The summed E-state index contributed by atoms with van der Waals surface area (Å²) in [5.74, 6) is 2.64. The average Bonchev–Trinajstić information content (AvgIpc) is 2.71. The van der Waals surface area contributed by atoms with E-state index in [0.29, 0.717) is 34.5 Å². The molecule has 1 fully saturated rings. The molecule has 1 aliphatic heterocycles. The highest BCUT2D eigenvalue weighted by atomic mass is 16.5. The van der Waals surface area contributed by atoms with Gasteiger partial charge in [0.05, 0.1) is 14.2 Å². The fourth-order valence-electron chi connectivity index (χ4n) is 3.95. The molecule has 0 amide bonds. The first-order chi connectivity index (χ1) is 13.5. The van der Waals surface area contributed by atoms with Crippen LogP contribution in [0.2, 0.25) is 0 Å². The second-order valence-electron chi connectivity index (χ2n) is 7.39. The van der Waals surface area contributed by atoms with Gasteiger partial charge in [0.25, 0.3) is 0 Å². The SMILES string of the molecule is C=C(C)[C@H]1CCC2=Cc3c(cc(-c4ccc(OC)c(OC)c4)oc3=O)OC2C1. The van der Waals surface area contributed by atoms with E-state index in [2.05, 4.69) is 13.5 Å². The van der Waals surface area contributed by atoms with Gasteiger partial charge in [-0.3, -0.25) is 0 Å². The number of hydrogen-bond acceptors (Lipinski definition) is 5. The molecule has 0 saturated heterocycles. The monoisotopic (exact) mass is 380 g/mol. The zero-order chi connectivity index (χ0) is 19.8. The minimum Gasteiger partial charge on any atom is -0.493 e. The number of ether oxygens (including phenoxy) is 3. The summed E-state index contributed by atoms with van der Waals surface area (Å²) in [4.78, 5) is 12.6. The van der Waals surface area contributed by atoms with E-state index in [0.717, 1.165) is 30.4 Å². The minimum absolute atomic E-state index is 0.0111. The van der Waals surface area contributed by atoms with Gasteiger partial charge in [0.2, 0.25) is 0 Å². The maximum atomic E-state index is 12.6. The Morgan fingerprint density at radius 2 is 1.96 bits per heavy atom. The van der Waals surface area contributed by atoms with E-state index in [4.69, 9.17) is 18.6 Å². The molecule has 5 heteroatoms. The molecule has 5 nitrogen and oxygen atoms in total. The maximum absolute atomic E-state index is 12.6. The molecule has 1 aliphatic carbocycles. The van der Waals surface area contributed by atoms with Gasteiger partial charge in [-0.1, -0.05) is 12.2 Å². The fourth-order valence-corrected chi connectivity index (χ4v) is 3.95. The Morgan fingerprint density at radius 3 is 2.68 bits per heavy atom. The van der Waals surface area contributed by atoms with Crippen LogP contribution in [0.1, 0.15) is 31.7 Å². The van der Waals surface area contributed by atoms with Gasteiger partial charge in [-0.2, -0.15) is 0 Å². The van der Waals surface area contributed by atoms with Crippen LogP contribution in [0, 0.1) is 5.92 Å². The van der Waals surface area contributed by atoms with Crippen molar-refractivity contribution in [3.05, 3.63) is 58.0 Å². The third kappa shape index (κ3) is 3.21. The van der Waals surface area contributed by atoms with Gasteiger partial charge in [-0.25, -0.2) is 4.79 Å². The zero-order valence-corrected chi connectivity index (χ0v) is 16.4. The highest BCUT2D eigenvalue weighted by molar-refractivity contribution is 5.68. The number of methoxy groups -OCH3 is 2. The van der Waals surface area contributed by atoms with E-state index in [-0.39, 0.29) is 6.10 Å². The van der Waals surface area contributed by atoms with Crippen molar-refractivity contribution in [3.8, 4) is 28.6 Å². The molecular weight excluding hydrogens is 356 g/mol. The molecule has 0 N–H and O–H groups in total. The van der Waals surface area contributed by atoms with E-state index >= 15 is 0 Å². The van der Waals surface area contributed by atoms with E-state index in [1.807, 2.05) is 12.1 Å². The smallest absolute Gasteiger partial charge is 0.347 e. The molecule has 1 unspecified atom stereocenters. The summed E-state index contributed by atoms with van der Waals surface area (Å²) >= 11 is 0. The molecule has 2 aromatic rings. The van der Waals surface area contributed by atoms with Gasteiger partial charge in [-0.15, -0.1) is 0 Å². The van der Waals surface area contributed by atoms with Gasteiger partial charge in [-0.05, 0) is 62.0 Å². The summed E-state index contributed by atoms with van der Waals surface area (Å²) in [6.45, 7) is 6.17. The maximum Gasteiger partial charge on any atom is 0.347 e. The van der Waals surface area contributed by atoms with Gasteiger partial charge in [0, 0.05) is 11.6 Å². The van der Waals surface area contributed by atoms with Crippen LogP contribution < -0.4 is 19.8 Å². The largest absolute Gasteiger partial charge is 0.493 e. The number of allylic oxidation sites excluding steroid dienone is 1. The normalized spacial score (nSPS) is 20.3. The Balaban J connectivity index is 1.72. The highest BCUT2D eigenvalue weighted by Crippen LogP contribution is 2.41. The first kappa shape index (κ1) is 18.4. The van der Waals surface area contributed by atoms with Crippen molar-refractivity contribution in [1.29, 1.82) is 0 Å². The summed E-state index contributed by atoms with van der Waals surface area (Å²) in [7, 11) is 3.15. The van der Waals surface area contributed by atoms with Crippen molar-refractivity contribution in [2.24, 2.45) is 5.92 Å². The number of benzene rings is 1. The molecule has 2 atom stereocenters. The van der Waals surface area contributed by atoms with Crippen LogP contribution in [-0.4, -0.2) is 20.3 Å². The lowest BCUT2D eigenvalue weighted by Gasteiger charge is -2.35. The standard InChI is InChI=1S/C23H24O5/c1-13(2)14-5-6-15-9-17-21(27-19(15)10-14)12-20(28-23(17)24)16-7-8-18(25-3)22(11-16)26-4/h7-9,11-12,14,19H,1,5-6,10H2,2-4H3/t14-,19?/m0/s1. The Bertz CT molecular complexity index is 1010. The zero-order valence-electron chi connectivity index (χ0n) is 16.4. The molecule has 2 heterocycles. The van der Waals surface area contributed by atoms with Crippen LogP contribution in [0.5, 0.6) is 17.2 Å². The molecule has 1 aromatic carbocycles. The molecule has 4 rings (SSSR count). The Labute approximate surface area is 164 Å². The molecule has 1 aromatic heterocycles. The second kappa shape index (κ2) is 7.23. The van der Waals surface area contributed by atoms with Crippen LogP contribution >= 0.6 is 0 Å². The van der Waals surface area contributed by atoms with Crippen molar-refractivity contribution in [2.75, 3.05) is 14.2 Å². The molecule has 0 bridgehead atoms. The third-order valence-electron chi connectivity index (χ3n) is 5.61. The van der Waals surface area contributed by atoms with Crippen LogP contribution in [0.25, 0.3) is 17.4 Å². The molecule has 0 spiro atoms. The summed E-state index contributed by atoms with van der Waals surface area (Å²) in [6.07, 6.45) is 4.79. The highest BCUT2D eigenvalue weighted by Gasteiger charge is 2.32. The van der Waals surface area contributed by atoms with E-state index < -0.39 is 5.63 Å². The van der Waals surface area contributed by atoms with Crippen molar-refractivity contribution < 1.29 is 18.6 Å². The van der Waals surface area contributed by atoms with Crippen molar-refractivity contribution >= 4 is 6.08 Å². The van der Waals surface area contributed by atoms with Gasteiger partial charge in [0.1, 0.15) is 23.2 Å². The summed E-state index contributed by atoms with van der Waals surface area (Å²) in [5.41, 5.74) is 3.17. The molecule has 28 heavy (non-hydrogen) atoms. The molecule has 0 radical (unpaired) electrons. The summed E-state index contributed by atoms with van der Waals surface area (Å²) < 4.78 is 22.4. The van der Waals surface area contributed by atoms with E-state index in [1.165, 1.54) is 5.57 Å². The molecule has 1 saturated carbocycles. The summed E-state index contributed by atoms with van der Waals surface area (Å²) in [6, 6.07) is 7.18. The average molecular weight is 380 g/mol. The first-order valence-corrected chi connectivity index (χ1v) is 9.43. The number of rotatable bonds is 4.